The SMILES string of the molecule is CCc1cc(C2(CN)CCCCC2)c(C)cc1O. The second kappa shape index (κ2) is 5.31. The molecule has 1 aromatic rings. The highest BCUT2D eigenvalue weighted by atomic mass is 16.3. The molecular weight excluding hydrogens is 222 g/mol. The average Bonchev–Trinajstić information content (AvgIpc) is 2.39. The van der Waals surface area contributed by atoms with E-state index < -0.39 is 0 Å². The van der Waals surface area contributed by atoms with Gasteiger partial charge < -0.3 is 10.8 Å². The van der Waals surface area contributed by atoms with Crippen LogP contribution in [0, 0.1) is 6.92 Å². The summed E-state index contributed by atoms with van der Waals surface area (Å²) in [4.78, 5) is 0. The van der Waals surface area contributed by atoms with E-state index >= 15 is 0 Å². The first-order chi connectivity index (χ1) is 8.63. The monoisotopic (exact) mass is 247 g/mol. The van der Waals surface area contributed by atoms with Crippen molar-refractivity contribution in [3.05, 3.63) is 28.8 Å². The number of hydrogen-bond donors (Lipinski definition) is 2. The summed E-state index contributed by atoms with van der Waals surface area (Å²) < 4.78 is 0. The zero-order valence-corrected chi connectivity index (χ0v) is 11.6. The van der Waals surface area contributed by atoms with Crippen LogP contribution in [0.25, 0.3) is 0 Å². The molecule has 1 aromatic carbocycles. The molecule has 1 aliphatic carbocycles. The number of phenols is 1. The second-order valence-corrected chi connectivity index (χ2v) is 5.69. The number of aromatic hydroxyl groups is 1. The molecule has 0 bridgehead atoms. The van der Waals surface area contributed by atoms with E-state index in [2.05, 4.69) is 19.9 Å². The van der Waals surface area contributed by atoms with E-state index in [1.54, 1.807) is 0 Å². The highest BCUT2D eigenvalue weighted by Crippen LogP contribution is 2.41. The van der Waals surface area contributed by atoms with Crippen molar-refractivity contribution >= 4 is 0 Å². The molecule has 0 heterocycles. The Bertz CT molecular complexity index is 419. The van der Waals surface area contributed by atoms with E-state index in [0.717, 1.165) is 18.5 Å². The molecule has 1 saturated carbocycles. The molecule has 0 aliphatic heterocycles. The third kappa shape index (κ3) is 2.26. The van der Waals surface area contributed by atoms with Crippen LogP contribution in [-0.2, 0) is 11.8 Å². The quantitative estimate of drug-likeness (QED) is 0.859. The summed E-state index contributed by atoms with van der Waals surface area (Å²) in [6, 6.07) is 4.11. The van der Waals surface area contributed by atoms with Gasteiger partial charge in [-0.15, -0.1) is 0 Å². The van der Waals surface area contributed by atoms with Gasteiger partial charge in [0, 0.05) is 12.0 Å². The molecule has 0 aromatic heterocycles. The predicted octanol–water partition coefficient (Wildman–Crippen LogP) is 3.42. The Hall–Kier alpha value is -1.02. The van der Waals surface area contributed by atoms with Crippen molar-refractivity contribution in [2.45, 2.75) is 57.8 Å². The highest BCUT2D eigenvalue weighted by Gasteiger charge is 2.34. The van der Waals surface area contributed by atoms with Crippen LogP contribution in [0.15, 0.2) is 12.1 Å². The minimum atomic E-state index is 0.153. The highest BCUT2D eigenvalue weighted by molar-refractivity contribution is 5.45. The maximum atomic E-state index is 9.94. The number of aryl methyl sites for hydroxylation is 2. The van der Waals surface area contributed by atoms with Crippen molar-refractivity contribution in [1.29, 1.82) is 0 Å². The predicted molar refractivity (Wildman–Crippen MR) is 76.0 cm³/mol. The van der Waals surface area contributed by atoms with Crippen LogP contribution in [0.1, 0.15) is 55.7 Å². The van der Waals surface area contributed by atoms with Gasteiger partial charge in [-0.2, -0.15) is 0 Å². The maximum absolute atomic E-state index is 9.94. The molecule has 2 nitrogen and oxygen atoms in total. The lowest BCUT2D eigenvalue weighted by atomic mass is 9.68. The van der Waals surface area contributed by atoms with Crippen molar-refractivity contribution in [1.82, 2.24) is 0 Å². The fourth-order valence-electron chi connectivity index (χ4n) is 3.40. The summed E-state index contributed by atoms with van der Waals surface area (Å²) >= 11 is 0. The van der Waals surface area contributed by atoms with Crippen LogP contribution < -0.4 is 5.73 Å². The molecule has 0 saturated heterocycles. The van der Waals surface area contributed by atoms with Gasteiger partial charge in [0.25, 0.3) is 0 Å². The smallest absolute Gasteiger partial charge is 0.119 e. The van der Waals surface area contributed by atoms with Gasteiger partial charge in [-0.1, -0.05) is 32.3 Å². The molecule has 0 radical (unpaired) electrons. The van der Waals surface area contributed by atoms with E-state index in [1.165, 1.54) is 43.2 Å². The Balaban J connectivity index is 2.47. The lowest BCUT2D eigenvalue weighted by Gasteiger charge is -2.38. The third-order valence-corrected chi connectivity index (χ3v) is 4.58. The van der Waals surface area contributed by atoms with Gasteiger partial charge in [-0.25, -0.2) is 0 Å². The fraction of sp³-hybridized carbons (Fsp3) is 0.625. The summed E-state index contributed by atoms with van der Waals surface area (Å²) in [7, 11) is 0. The molecule has 18 heavy (non-hydrogen) atoms. The van der Waals surface area contributed by atoms with Crippen molar-refractivity contribution in [3.63, 3.8) is 0 Å². The summed E-state index contributed by atoms with van der Waals surface area (Å²) in [5.41, 5.74) is 9.88. The molecule has 2 rings (SSSR count). The average molecular weight is 247 g/mol. The van der Waals surface area contributed by atoms with E-state index in [-0.39, 0.29) is 5.41 Å². The normalized spacial score (nSPS) is 18.8. The molecule has 100 valence electrons. The van der Waals surface area contributed by atoms with Crippen LogP contribution in [0.5, 0.6) is 5.75 Å². The number of nitrogens with two attached hydrogens (primary N) is 1. The zero-order valence-electron chi connectivity index (χ0n) is 11.6. The van der Waals surface area contributed by atoms with Crippen molar-refractivity contribution in [2.24, 2.45) is 5.73 Å². The third-order valence-electron chi connectivity index (χ3n) is 4.58. The van der Waals surface area contributed by atoms with Gasteiger partial charge >= 0.3 is 0 Å². The minimum absolute atomic E-state index is 0.153. The maximum Gasteiger partial charge on any atom is 0.119 e. The standard InChI is InChI=1S/C16H25NO/c1-3-13-10-14(12(2)9-15(13)18)16(11-17)7-5-4-6-8-16/h9-10,18H,3-8,11,17H2,1-2H3. The van der Waals surface area contributed by atoms with Crippen LogP contribution in [0.4, 0.5) is 0 Å². The van der Waals surface area contributed by atoms with Crippen LogP contribution in [0.3, 0.4) is 0 Å². The molecule has 0 atom stereocenters. The number of rotatable bonds is 3. The molecule has 0 spiro atoms. The fourth-order valence-corrected chi connectivity index (χ4v) is 3.40. The first kappa shape index (κ1) is 13.4. The van der Waals surface area contributed by atoms with E-state index in [0.29, 0.717) is 5.75 Å². The lowest BCUT2D eigenvalue weighted by molar-refractivity contribution is 0.299. The molecule has 3 N–H and O–H groups in total. The summed E-state index contributed by atoms with van der Waals surface area (Å²) in [6.07, 6.45) is 7.15. The lowest BCUT2D eigenvalue weighted by Crippen LogP contribution is -2.37. The van der Waals surface area contributed by atoms with Crippen molar-refractivity contribution < 1.29 is 5.11 Å². The Morgan fingerprint density at radius 1 is 1.22 bits per heavy atom. The van der Waals surface area contributed by atoms with E-state index in [1.807, 2.05) is 6.07 Å². The van der Waals surface area contributed by atoms with Gasteiger partial charge in [-0.05, 0) is 48.9 Å². The second-order valence-electron chi connectivity index (χ2n) is 5.69. The van der Waals surface area contributed by atoms with Crippen LogP contribution in [0.2, 0.25) is 0 Å². The van der Waals surface area contributed by atoms with Gasteiger partial charge in [-0.3, -0.25) is 0 Å². The Morgan fingerprint density at radius 3 is 2.44 bits per heavy atom. The Morgan fingerprint density at radius 2 is 1.89 bits per heavy atom. The summed E-state index contributed by atoms with van der Waals surface area (Å²) in [6.45, 7) is 4.91. The Kier molecular flexibility index (Phi) is 3.96. The molecule has 2 heteroatoms. The molecule has 0 unspecified atom stereocenters. The topological polar surface area (TPSA) is 46.2 Å². The minimum Gasteiger partial charge on any atom is -0.508 e. The molecular formula is C16H25NO. The zero-order chi connectivity index (χ0) is 13.2. The Labute approximate surface area is 110 Å². The van der Waals surface area contributed by atoms with Gasteiger partial charge in [0.2, 0.25) is 0 Å². The largest absolute Gasteiger partial charge is 0.508 e. The van der Waals surface area contributed by atoms with Crippen molar-refractivity contribution in [2.75, 3.05) is 6.54 Å². The van der Waals surface area contributed by atoms with Crippen LogP contribution >= 0.6 is 0 Å². The van der Waals surface area contributed by atoms with E-state index in [9.17, 15) is 5.11 Å². The number of hydrogen-bond acceptors (Lipinski definition) is 2. The number of benzene rings is 1. The molecule has 1 aliphatic rings. The first-order valence-corrected chi connectivity index (χ1v) is 7.16. The first-order valence-electron chi connectivity index (χ1n) is 7.16. The summed E-state index contributed by atoms with van der Waals surface area (Å²) in [5.74, 6) is 0.432. The van der Waals surface area contributed by atoms with Gasteiger partial charge in [0.05, 0.1) is 0 Å². The van der Waals surface area contributed by atoms with Gasteiger partial charge in [0.1, 0.15) is 5.75 Å². The van der Waals surface area contributed by atoms with Gasteiger partial charge in [0.15, 0.2) is 0 Å². The molecule has 0 amide bonds. The van der Waals surface area contributed by atoms with Crippen LogP contribution in [-0.4, -0.2) is 11.7 Å². The van der Waals surface area contributed by atoms with E-state index in [4.69, 9.17) is 5.73 Å². The number of phenolic OH excluding ortho intramolecular Hbond substituents is 1. The molecule has 1 fully saturated rings. The summed E-state index contributed by atoms with van der Waals surface area (Å²) in [5, 5.41) is 9.94. The van der Waals surface area contributed by atoms with Crippen molar-refractivity contribution in [3.8, 4) is 5.75 Å².